The maximum absolute atomic E-state index is 13.6. The molecule has 0 aliphatic carbocycles. The lowest BCUT2D eigenvalue weighted by Crippen LogP contribution is -2.51. The van der Waals surface area contributed by atoms with Crippen LogP contribution in [0.5, 0.6) is 0 Å². The molecule has 1 amide bonds. The highest BCUT2D eigenvalue weighted by molar-refractivity contribution is 7.89. The third-order valence-corrected chi connectivity index (χ3v) is 8.42. The molecule has 9 nitrogen and oxygen atoms in total. The minimum atomic E-state index is -3.90. The third kappa shape index (κ3) is 9.14. The van der Waals surface area contributed by atoms with Crippen molar-refractivity contribution in [1.82, 2.24) is 9.62 Å². The number of benzene rings is 3. The average molecular weight is 581 g/mol. The number of nitrogens with two attached hydrogens (primary N) is 1. The van der Waals surface area contributed by atoms with Crippen LogP contribution >= 0.6 is 0 Å². The molecule has 0 aromatic heterocycles. The third-order valence-electron chi connectivity index (χ3n) is 6.58. The van der Waals surface area contributed by atoms with Gasteiger partial charge in [0.1, 0.15) is 12.4 Å². The van der Waals surface area contributed by atoms with Gasteiger partial charge in [-0.05, 0) is 37.0 Å². The quantitative estimate of drug-likeness (QED) is 0.208. The van der Waals surface area contributed by atoms with Crippen LogP contribution in [0.3, 0.4) is 0 Å². The number of ether oxygens (including phenoxy) is 1. The fourth-order valence-electron chi connectivity index (χ4n) is 4.38. The summed E-state index contributed by atoms with van der Waals surface area (Å²) in [5.41, 5.74) is 9.13. The molecule has 41 heavy (non-hydrogen) atoms. The van der Waals surface area contributed by atoms with Crippen LogP contribution in [0.15, 0.2) is 88.8 Å². The van der Waals surface area contributed by atoms with E-state index in [1.165, 1.54) is 4.31 Å². The lowest BCUT2D eigenvalue weighted by Gasteiger charge is -2.30. The lowest BCUT2D eigenvalue weighted by atomic mass is 10.0. The molecule has 220 valence electrons. The van der Waals surface area contributed by atoms with E-state index in [-0.39, 0.29) is 36.9 Å². The van der Waals surface area contributed by atoms with Crippen LogP contribution in [-0.4, -0.2) is 62.0 Å². The van der Waals surface area contributed by atoms with Gasteiger partial charge in [-0.1, -0.05) is 86.1 Å². The van der Waals surface area contributed by atoms with Gasteiger partial charge in [-0.2, -0.15) is 4.31 Å². The summed E-state index contributed by atoms with van der Waals surface area (Å²) in [5, 5.41) is 14.1. The van der Waals surface area contributed by atoms with Crippen molar-refractivity contribution in [3.05, 3.63) is 101 Å². The van der Waals surface area contributed by atoms with Crippen LogP contribution in [0.1, 0.15) is 36.1 Å². The molecular formula is C31H40N4O5S. The Morgan fingerprint density at radius 1 is 1.00 bits per heavy atom. The maximum Gasteiger partial charge on any atom is 0.407 e. The Kier molecular flexibility index (Phi) is 11.5. The van der Waals surface area contributed by atoms with Gasteiger partial charge in [-0.3, -0.25) is 4.99 Å². The van der Waals surface area contributed by atoms with Gasteiger partial charge in [0.05, 0.1) is 17.0 Å². The van der Waals surface area contributed by atoms with E-state index in [4.69, 9.17) is 10.5 Å². The number of nitrogens with zero attached hydrogens (tertiary/aromatic N) is 2. The zero-order chi connectivity index (χ0) is 30.0. The number of aryl methyl sites for hydroxylation is 1. The van der Waals surface area contributed by atoms with E-state index in [1.807, 2.05) is 63.2 Å². The number of amidine groups is 1. The minimum absolute atomic E-state index is 0.00656. The van der Waals surface area contributed by atoms with Crippen molar-refractivity contribution in [1.29, 1.82) is 0 Å². The van der Waals surface area contributed by atoms with Crippen LogP contribution in [0, 0.1) is 12.8 Å². The number of alkyl carbamates (subject to hydrolysis) is 1. The molecule has 0 spiro atoms. The summed E-state index contributed by atoms with van der Waals surface area (Å²) in [7, 11) is -2.32. The van der Waals surface area contributed by atoms with Crippen molar-refractivity contribution < 1.29 is 23.1 Å². The highest BCUT2D eigenvalue weighted by Crippen LogP contribution is 2.20. The normalized spacial score (nSPS) is 13.7. The zero-order valence-corrected chi connectivity index (χ0v) is 24.8. The van der Waals surface area contributed by atoms with Crippen LogP contribution in [0.4, 0.5) is 4.79 Å². The number of hydrogen-bond donors (Lipinski definition) is 3. The number of aliphatic hydroxyl groups is 1. The summed E-state index contributed by atoms with van der Waals surface area (Å²) in [4.78, 5) is 17.1. The molecule has 0 fully saturated rings. The van der Waals surface area contributed by atoms with Crippen LogP contribution in [-0.2, 0) is 27.8 Å². The second-order valence-electron chi connectivity index (χ2n) is 10.4. The molecule has 0 aliphatic heterocycles. The van der Waals surface area contributed by atoms with Crippen LogP contribution in [0.25, 0.3) is 0 Å². The molecule has 3 rings (SSSR count). The van der Waals surface area contributed by atoms with Gasteiger partial charge in [0.2, 0.25) is 10.0 Å². The predicted octanol–water partition coefficient (Wildman–Crippen LogP) is 3.88. The maximum atomic E-state index is 13.6. The second kappa shape index (κ2) is 14.8. The smallest absolute Gasteiger partial charge is 0.407 e. The number of rotatable bonds is 13. The van der Waals surface area contributed by atoms with Gasteiger partial charge < -0.3 is 20.9 Å². The number of nitrogens with one attached hydrogen (secondary N) is 1. The number of aliphatic hydroxyl groups excluding tert-OH is 1. The van der Waals surface area contributed by atoms with E-state index in [0.717, 1.165) is 11.1 Å². The summed E-state index contributed by atoms with van der Waals surface area (Å²) < 4.78 is 33.9. The van der Waals surface area contributed by atoms with Crippen molar-refractivity contribution in [2.75, 3.05) is 20.1 Å². The van der Waals surface area contributed by atoms with Crippen molar-refractivity contribution in [3.63, 3.8) is 0 Å². The summed E-state index contributed by atoms with van der Waals surface area (Å²) in [6.07, 6.45) is -1.70. The van der Waals surface area contributed by atoms with Crippen molar-refractivity contribution in [3.8, 4) is 0 Å². The standard InChI is InChI=1S/C31H40N4O5S/c1-22(2)19-35(41(38,39)26-16-14-23(3)15-17-26)20-29(36)28(18-24-10-6-5-7-11-24)34-31(37)40-21-25-12-8-9-13-27(25)30(32)33-4/h5-17,22,28-29,36H,18-21H2,1-4H3,(H2,32,33)(H,34,37). The highest BCUT2D eigenvalue weighted by Gasteiger charge is 2.31. The molecule has 0 heterocycles. The molecule has 3 aromatic carbocycles. The summed E-state index contributed by atoms with van der Waals surface area (Å²) in [6, 6.07) is 22.3. The Labute approximate surface area is 243 Å². The van der Waals surface area contributed by atoms with E-state index in [9.17, 15) is 18.3 Å². The zero-order valence-electron chi connectivity index (χ0n) is 24.0. The predicted molar refractivity (Wildman–Crippen MR) is 161 cm³/mol. The fourth-order valence-corrected chi connectivity index (χ4v) is 6.00. The van der Waals surface area contributed by atoms with Crippen molar-refractivity contribution in [2.24, 2.45) is 16.6 Å². The summed E-state index contributed by atoms with van der Waals surface area (Å²) in [6.45, 7) is 5.64. The van der Waals surface area contributed by atoms with E-state index >= 15 is 0 Å². The molecular weight excluding hydrogens is 540 g/mol. The Morgan fingerprint density at radius 3 is 2.27 bits per heavy atom. The molecule has 0 aliphatic rings. The SMILES string of the molecule is CN=C(N)c1ccccc1COC(=O)NC(Cc1ccccc1)C(O)CN(CC(C)C)S(=O)(=O)c1ccc(C)cc1. The first kappa shape index (κ1) is 31.8. The number of sulfonamides is 1. The van der Waals surface area contributed by atoms with Gasteiger partial charge in [-0.25, -0.2) is 13.2 Å². The van der Waals surface area contributed by atoms with E-state index < -0.39 is 28.3 Å². The molecule has 2 unspecified atom stereocenters. The van der Waals surface area contributed by atoms with Gasteiger partial charge in [0.25, 0.3) is 0 Å². The summed E-state index contributed by atoms with van der Waals surface area (Å²) >= 11 is 0. The first-order valence-corrected chi connectivity index (χ1v) is 15.0. The minimum Gasteiger partial charge on any atom is -0.445 e. The average Bonchev–Trinajstić information content (AvgIpc) is 2.95. The largest absolute Gasteiger partial charge is 0.445 e. The molecule has 4 N–H and O–H groups in total. The molecule has 0 saturated heterocycles. The fraction of sp³-hybridized carbons (Fsp3) is 0.355. The van der Waals surface area contributed by atoms with E-state index in [1.54, 1.807) is 43.4 Å². The highest BCUT2D eigenvalue weighted by atomic mass is 32.2. The Bertz CT molecular complexity index is 1410. The molecule has 3 aromatic rings. The number of amides is 1. The van der Waals surface area contributed by atoms with E-state index in [2.05, 4.69) is 10.3 Å². The number of carbonyl (C=O) groups excluding carboxylic acids is 1. The first-order valence-electron chi connectivity index (χ1n) is 13.5. The van der Waals surface area contributed by atoms with Crippen LogP contribution < -0.4 is 11.1 Å². The Balaban J connectivity index is 1.81. The molecule has 2 atom stereocenters. The van der Waals surface area contributed by atoms with E-state index in [0.29, 0.717) is 17.0 Å². The van der Waals surface area contributed by atoms with Crippen molar-refractivity contribution >= 4 is 22.0 Å². The molecule has 10 heteroatoms. The molecule has 0 radical (unpaired) electrons. The second-order valence-corrected chi connectivity index (χ2v) is 12.3. The van der Waals surface area contributed by atoms with Crippen LogP contribution in [0.2, 0.25) is 0 Å². The Morgan fingerprint density at radius 2 is 1.63 bits per heavy atom. The van der Waals surface area contributed by atoms with Gasteiger partial charge in [0.15, 0.2) is 0 Å². The van der Waals surface area contributed by atoms with Gasteiger partial charge >= 0.3 is 6.09 Å². The summed E-state index contributed by atoms with van der Waals surface area (Å²) in [5.74, 6) is 0.328. The number of carbonyl (C=O) groups is 1. The number of hydrogen-bond acceptors (Lipinski definition) is 6. The number of aliphatic imine (C=N–C) groups is 1. The lowest BCUT2D eigenvalue weighted by molar-refractivity contribution is 0.0873. The first-order chi connectivity index (χ1) is 19.5. The monoisotopic (exact) mass is 580 g/mol. The molecule has 0 saturated carbocycles. The topological polar surface area (TPSA) is 134 Å². The molecule has 0 bridgehead atoms. The van der Waals surface area contributed by atoms with Crippen molar-refractivity contribution in [2.45, 2.75) is 50.8 Å². The Hall–Kier alpha value is -3.73. The van der Waals surface area contributed by atoms with Gasteiger partial charge in [0, 0.05) is 31.3 Å². The van der Waals surface area contributed by atoms with Gasteiger partial charge in [-0.15, -0.1) is 0 Å².